The Morgan fingerprint density at radius 3 is 2.44 bits per heavy atom. The zero-order valence-electron chi connectivity index (χ0n) is 14.5. The number of nitrogens with zero attached hydrogens (tertiary/aromatic N) is 2. The molecule has 0 aliphatic rings. The highest BCUT2D eigenvalue weighted by Gasteiger charge is 2.11. The first kappa shape index (κ1) is 17.1. The van der Waals surface area contributed by atoms with Gasteiger partial charge in [0.1, 0.15) is 0 Å². The van der Waals surface area contributed by atoms with E-state index in [-0.39, 0.29) is 11.9 Å². The minimum atomic E-state index is -0.386. The molecule has 1 amide bonds. The molecule has 0 atom stereocenters. The Morgan fingerprint density at radius 2 is 1.76 bits per heavy atom. The molecule has 0 bridgehead atoms. The van der Waals surface area contributed by atoms with Crippen LogP contribution in [0.15, 0.2) is 41.4 Å². The highest BCUT2D eigenvalue weighted by atomic mass is 32.1. The number of fused-ring (bicyclic) bond motifs is 1. The van der Waals surface area contributed by atoms with Gasteiger partial charge < -0.3 is 9.30 Å². The lowest BCUT2D eigenvalue weighted by atomic mass is 10.1. The average Bonchev–Trinajstić information content (AvgIpc) is 2.91. The summed E-state index contributed by atoms with van der Waals surface area (Å²) in [5.74, 6) is -0.666. The number of hydrogen-bond donors (Lipinski definition) is 0. The first-order chi connectivity index (χ1) is 11.9. The molecule has 0 saturated carbocycles. The Bertz CT molecular complexity index is 1060. The van der Waals surface area contributed by atoms with Crippen molar-refractivity contribution in [1.29, 1.82) is 0 Å². The summed E-state index contributed by atoms with van der Waals surface area (Å²) < 4.78 is 7.47. The Hall–Kier alpha value is -2.73. The maximum absolute atomic E-state index is 12.5. The van der Waals surface area contributed by atoms with Crippen LogP contribution in [0.3, 0.4) is 0 Å². The molecule has 0 unspecified atom stereocenters. The fourth-order valence-corrected chi connectivity index (χ4v) is 3.57. The molecule has 3 aromatic rings. The Labute approximate surface area is 149 Å². The maximum Gasteiger partial charge on any atom is 0.337 e. The third-order valence-corrected chi connectivity index (χ3v) is 5.28. The molecule has 25 heavy (non-hydrogen) atoms. The number of hydrogen-bond acceptors (Lipinski definition) is 4. The standard InChI is InChI=1S/C19H18N2O3S/c1-11-5-6-13(9-12(11)2)17(22)20-19-21(3)15-8-7-14(18(23)24-4)10-16(15)25-19/h5-10H,1-4H3. The number of aryl methyl sites for hydroxylation is 3. The molecule has 0 spiro atoms. The van der Waals surface area contributed by atoms with Crippen molar-refractivity contribution in [2.75, 3.05) is 7.11 Å². The predicted octanol–water partition coefficient (Wildman–Crippen LogP) is 3.38. The third kappa shape index (κ3) is 3.25. The monoisotopic (exact) mass is 354 g/mol. The van der Waals surface area contributed by atoms with Crippen molar-refractivity contribution in [3.63, 3.8) is 0 Å². The van der Waals surface area contributed by atoms with Crippen LogP contribution in [-0.4, -0.2) is 23.6 Å². The van der Waals surface area contributed by atoms with Crippen molar-refractivity contribution >= 4 is 33.4 Å². The van der Waals surface area contributed by atoms with Crippen molar-refractivity contribution in [1.82, 2.24) is 4.57 Å². The van der Waals surface area contributed by atoms with Gasteiger partial charge in [-0.1, -0.05) is 17.4 Å². The summed E-state index contributed by atoms with van der Waals surface area (Å²) in [4.78, 5) is 29.0. The molecule has 0 N–H and O–H groups in total. The molecule has 0 radical (unpaired) electrons. The van der Waals surface area contributed by atoms with Gasteiger partial charge in [-0.25, -0.2) is 4.79 Å². The number of benzene rings is 2. The van der Waals surface area contributed by atoms with Gasteiger partial charge in [0, 0.05) is 12.6 Å². The molecule has 6 heteroatoms. The number of aromatic nitrogens is 1. The summed E-state index contributed by atoms with van der Waals surface area (Å²) in [6.45, 7) is 3.98. The largest absolute Gasteiger partial charge is 0.465 e. The van der Waals surface area contributed by atoms with Crippen LogP contribution < -0.4 is 4.80 Å². The van der Waals surface area contributed by atoms with Crippen LogP contribution in [0, 0.1) is 13.8 Å². The molecule has 2 aromatic carbocycles. The van der Waals surface area contributed by atoms with Crippen LogP contribution in [0.25, 0.3) is 10.2 Å². The second-order valence-electron chi connectivity index (χ2n) is 5.83. The average molecular weight is 354 g/mol. The van der Waals surface area contributed by atoms with Gasteiger partial charge in [-0.3, -0.25) is 4.79 Å². The molecular weight excluding hydrogens is 336 g/mol. The topological polar surface area (TPSA) is 60.7 Å². The van der Waals surface area contributed by atoms with Crippen LogP contribution in [0.2, 0.25) is 0 Å². The van der Waals surface area contributed by atoms with Crippen molar-refractivity contribution < 1.29 is 14.3 Å². The summed E-state index contributed by atoms with van der Waals surface area (Å²) >= 11 is 1.36. The molecule has 1 heterocycles. The van der Waals surface area contributed by atoms with Gasteiger partial charge in [-0.15, -0.1) is 0 Å². The molecule has 128 valence electrons. The Balaban J connectivity index is 2.06. The second-order valence-corrected chi connectivity index (χ2v) is 6.84. The summed E-state index contributed by atoms with van der Waals surface area (Å²) in [5, 5.41) is 0. The SMILES string of the molecule is COC(=O)c1ccc2c(c1)sc(=NC(=O)c1ccc(C)c(C)c1)n2C. The van der Waals surface area contributed by atoms with Gasteiger partial charge in [0.25, 0.3) is 5.91 Å². The van der Waals surface area contributed by atoms with Crippen molar-refractivity contribution in [3.05, 3.63) is 63.5 Å². The van der Waals surface area contributed by atoms with Gasteiger partial charge in [0.05, 0.1) is 22.9 Å². The van der Waals surface area contributed by atoms with Gasteiger partial charge in [0.15, 0.2) is 4.80 Å². The molecule has 0 aliphatic heterocycles. The van der Waals surface area contributed by atoms with Gasteiger partial charge >= 0.3 is 5.97 Å². The smallest absolute Gasteiger partial charge is 0.337 e. The van der Waals surface area contributed by atoms with E-state index in [0.29, 0.717) is 15.9 Å². The second kappa shape index (κ2) is 6.64. The van der Waals surface area contributed by atoms with Crippen LogP contribution in [0.1, 0.15) is 31.8 Å². The van der Waals surface area contributed by atoms with E-state index in [9.17, 15) is 9.59 Å². The van der Waals surface area contributed by atoms with Gasteiger partial charge in [-0.05, 0) is 55.3 Å². The molecule has 0 saturated heterocycles. The minimum absolute atomic E-state index is 0.279. The number of amides is 1. The van der Waals surface area contributed by atoms with E-state index < -0.39 is 0 Å². The number of ether oxygens (including phenoxy) is 1. The number of methoxy groups -OCH3 is 1. The van der Waals surface area contributed by atoms with Crippen molar-refractivity contribution in [2.45, 2.75) is 13.8 Å². The summed E-state index contributed by atoms with van der Waals surface area (Å²) in [5.41, 5.74) is 4.15. The van der Waals surface area contributed by atoms with E-state index in [1.165, 1.54) is 18.4 Å². The van der Waals surface area contributed by atoms with Crippen molar-refractivity contribution in [2.24, 2.45) is 12.0 Å². The quantitative estimate of drug-likeness (QED) is 0.663. The number of carbonyl (C=O) groups excluding carboxylic acids is 2. The fraction of sp³-hybridized carbons (Fsp3) is 0.211. The highest BCUT2D eigenvalue weighted by molar-refractivity contribution is 7.16. The molecule has 3 rings (SSSR count). The molecule has 5 nitrogen and oxygen atoms in total. The molecule has 0 fully saturated rings. The third-order valence-electron chi connectivity index (χ3n) is 4.18. The summed E-state index contributed by atoms with van der Waals surface area (Å²) in [7, 11) is 3.20. The van der Waals surface area contributed by atoms with Gasteiger partial charge in [0.2, 0.25) is 0 Å². The fourth-order valence-electron chi connectivity index (χ4n) is 2.51. The summed E-state index contributed by atoms with van der Waals surface area (Å²) in [6, 6.07) is 10.9. The van der Waals surface area contributed by atoms with E-state index in [2.05, 4.69) is 4.99 Å². The summed E-state index contributed by atoms with van der Waals surface area (Å²) in [6.07, 6.45) is 0. The first-order valence-electron chi connectivity index (χ1n) is 7.75. The lowest BCUT2D eigenvalue weighted by Gasteiger charge is -2.01. The normalized spacial score (nSPS) is 11.8. The number of rotatable bonds is 2. The van der Waals surface area contributed by atoms with Crippen molar-refractivity contribution in [3.8, 4) is 0 Å². The Morgan fingerprint density at radius 1 is 1.04 bits per heavy atom. The molecule has 1 aromatic heterocycles. The van der Waals surface area contributed by atoms with Crippen LogP contribution in [0.4, 0.5) is 0 Å². The van der Waals surface area contributed by atoms with E-state index in [4.69, 9.17) is 4.74 Å². The van der Waals surface area contributed by atoms with E-state index in [1.807, 2.05) is 43.7 Å². The molecule has 0 aliphatic carbocycles. The van der Waals surface area contributed by atoms with Crippen LogP contribution >= 0.6 is 11.3 Å². The van der Waals surface area contributed by atoms with E-state index in [0.717, 1.165) is 21.3 Å². The zero-order valence-corrected chi connectivity index (χ0v) is 15.3. The van der Waals surface area contributed by atoms with Crippen LogP contribution in [-0.2, 0) is 11.8 Å². The van der Waals surface area contributed by atoms with E-state index >= 15 is 0 Å². The first-order valence-corrected chi connectivity index (χ1v) is 8.56. The highest BCUT2D eigenvalue weighted by Crippen LogP contribution is 2.19. The molecular formula is C19H18N2O3S. The zero-order chi connectivity index (χ0) is 18.1. The minimum Gasteiger partial charge on any atom is -0.465 e. The number of carbonyl (C=O) groups is 2. The predicted molar refractivity (Wildman–Crippen MR) is 97.9 cm³/mol. The van der Waals surface area contributed by atoms with Crippen LogP contribution in [0.5, 0.6) is 0 Å². The number of esters is 1. The maximum atomic E-state index is 12.5. The Kier molecular flexibility index (Phi) is 4.55. The number of thiazole rings is 1. The van der Waals surface area contributed by atoms with Gasteiger partial charge in [-0.2, -0.15) is 4.99 Å². The lowest BCUT2D eigenvalue weighted by molar-refractivity contribution is 0.0601. The van der Waals surface area contributed by atoms with E-state index in [1.54, 1.807) is 18.2 Å². The lowest BCUT2D eigenvalue weighted by Crippen LogP contribution is -2.13.